The normalized spacial score (nSPS) is 17.2. The van der Waals surface area contributed by atoms with Crippen LogP contribution in [-0.2, 0) is 4.79 Å². The number of hydrazone groups is 1. The number of benzene rings is 2. The summed E-state index contributed by atoms with van der Waals surface area (Å²) in [4.78, 5) is 12.3. The van der Waals surface area contributed by atoms with Crippen molar-refractivity contribution in [3.05, 3.63) is 65.2 Å². The molecule has 1 heterocycles. The number of para-hydroxylation sites is 1. The maximum Gasteiger partial charge on any atom is 0.242 e. The van der Waals surface area contributed by atoms with E-state index in [1.807, 2.05) is 50.2 Å². The van der Waals surface area contributed by atoms with Gasteiger partial charge in [-0.1, -0.05) is 43.3 Å². The van der Waals surface area contributed by atoms with Gasteiger partial charge in [-0.25, -0.2) is 5.01 Å². The van der Waals surface area contributed by atoms with E-state index in [1.54, 1.807) is 17.1 Å². The van der Waals surface area contributed by atoms with Gasteiger partial charge < -0.3 is 5.11 Å². The lowest BCUT2D eigenvalue weighted by atomic mass is 9.95. The summed E-state index contributed by atoms with van der Waals surface area (Å²) >= 11 is 0. The Morgan fingerprint density at radius 3 is 2.61 bits per heavy atom. The molecule has 0 radical (unpaired) electrons. The van der Waals surface area contributed by atoms with E-state index in [1.165, 1.54) is 0 Å². The molecule has 2 aromatic carbocycles. The first kappa shape index (κ1) is 15.3. The molecule has 0 aromatic heterocycles. The number of hydrogen-bond acceptors (Lipinski definition) is 3. The molecule has 0 aliphatic carbocycles. The highest BCUT2D eigenvalue weighted by Gasteiger charge is 2.33. The van der Waals surface area contributed by atoms with E-state index in [2.05, 4.69) is 5.10 Å². The van der Waals surface area contributed by atoms with E-state index in [-0.39, 0.29) is 17.7 Å². The van der Waals surface area contributed by atoms with E-state index in [9.17, 15) is 9.90 Å². The van der Waals surface area contributed by atoms with E-state index < -0.39 is 0 Å². The predicted octanol–water partition coefficient (Wildman–Crippen LogP) is 3.79. The molecule has 1 amide bonds. The first-order valence-corrected chi connectivity index (χ1v) is 7.85. The standard InChI is InChI=1S/C19H20N2O2/c1-3-19(23)21-17(14-9-5-4-8-13(14)2)12-16(20-21)15-10-6-7-11-18(15)22/h4-11,17,22H,3,12H2,1-2H3. The summed E-state index contributed by atoms with van der Waals surface area (Å²) in [6.45, 7) is 3.88. The molecule has 1 N–H and O–H groups in total. The van der Waals surface area contributed by atoms with Crippen LogP contribution in [0.5, 0.6) is 5.75 Å². The molecule has 1 unspecified atom stereocenters. The van der Waals surface area contributed by atoms with Crippen molar-refractivity contribution in [3.63, 3.8) is 0 Å². The summed E-state index contributed by atoms with van der Waals surface area (Å²) in [6, 6.07) is 15.1. The Morgan fingerprint density at radius 2 is 1.91 bits per heavy atom. The summed E-state index contributed by atoms with van der Waals surface area (Å²) in [5, 5.41) is 16.2. The van der Waals surface area contributed by atoms with Gasteiger partial charge in [0.25, 0.3) is 0 Å². The highest BCUT2D eigenvalue weighted by atomic mass is 16.3. The third-order valence-corrected chi connectivity index (χ3v) is 4.23. The fourth-order valence-corrected chi connectivity index (χ4v) is 2.99. The van der Waals surface area contributed by atoms with Crippen molar-refractivity contribution in [1.82, 2.24) is 5.01 Å². The third-order valence-electron chi connectivity index (χ3n) is 4.23. The molecule has 1 atom stereocenters. The first-order chi connectivity index (χ1) is 11.1. The predicted molar refractivity (Wildman–Crippen MR) is 90.3 cm³/mol. The van der Waals surface area contributed by atoms with Crippen LogP contribution in [0.1, 0.15) is 42.5 Å². The van der Waals surface area contributed by atoms with Gasteiger partial charge in [-0.2, -0.15) is 5.10 Å². The Hall–Kier alpha value is -2.62. The molecule has 118 valence electrons. The Morgan fingerprint density at radius 1 is 1.22 bits per heavy atom. The molecule has 4 nitrogen and oxygen atoms in total. The lowest BCUT2D eigenvalue weighted by molar-refractivity contribution is -0.132. The maximum atomic E-state index is 12.3. The monoisotopic (exact) mass is 308 g/mol. The molecule has 0 fully saturated rings. The number of carbonyl (C=O) groups is 1. The summed E-state index contributed by atoms with van der Waals surface area (Å²) in [6.07, 6.45) is 1.01. The molecule has 0 saturated carbocycles. The van der Waals surface area contributed by atoms with Gasteiger partial charge in [-0.05, 0) is 30.2 Å². The summed E-state index contributed by atoms with van der Waals surface area (Å²) < 4.78 is 0. The van der Waals surface area contributed by atoms with Crippen LogP contribution < -0.4 is 0 Å². The molecule has 23 heavy (non-hydrogen) atoms. The Labute approximate surface area is 136 Å². The molecule has 1 aliphatic rings. The van der Waals surface area contributed by atoms with Gasteiger partial charge in [0, 0.05) is 18.4 Å². The average Bonchev–Trinajstić information content (AvgIpc) is 3.00. The number of aryl methyl sites for hydroxylation is 1. The van der Waals surface area contributed by atoms with E-state index >= 15 is 0 Å². The van der Waals surface area contributed by atoms with Crippen LogP contribution in [0.25, 0.3) is 0 Å². The zero-order valence-corrected chi connectivity index (χ0v) is 13.4. The van der Waals surface area contributed by atoms with Crippen LogP contribution in [0.15, 0.2) is 53.6 Å². The Balaban J connectivity index is 2.02. The molecule has 2 aromatic rings. The Kier molecular flexibility index (Phi) is 4.15. The van der Waals surface area contributed by atoms with Crippen LogP contribution in [-0.4, -0.2) is 21.7 Å². The van der Waals surface area contributed by atoms with Gasteiger partial charge in [0.2, 0.25) is 5.91 Å². The lowest BCUT2D eigenvalue weighted by Gasteiger charge is -2.23. The Bertz CT molecular complexity index is 767. The fraction of sp³-hybridized carbons (Fsp3) is 0.263. The van der Waals surface area contributed by atoms with Crippen molar-refractivity contribution in [2.75, 3.05) is 0 Å². The largest absolute Gasteiger partial charge is 0.507 e. The molecular weight excluding hydrogens is 288 g/mol. The summed E-state index contributed by atoms with van der Waals surface area (Å²) in [5.41, 5.74) is 3.68. The van der Waals surface area contributed by atoms with Crippen molar-refractivity contribution in [2.45, 2.75) is 32.7 Å². The van der Waals surface area contributed by atoms with E-state index in [4.69, 9.17) is 0 Å². The topological polar surface area (TPSA) is 52.9 Å². The average molecular weight is 308 g/mol. The van der Waals surface area contributed by atoms with Crippen molar-refractivity contribution in [2.24, 2.45) is 5.10 Å². The highest BCUT2D eigenvalue weighted by Crippen LogP contribution is 2.36. The van der Waals surface area contributed by atoms with Crippen LogP contribution >= 0.6 is 0 Å². The minimum absolute atomic E-state index is 0.0105. The molecule has 0 bridgehead atoms. The van der Waals surface area contributed by atoms with Gasteiger partial charge in [0.1, 0.15) is 5.75 Å². The van der Waals surface area contributed by atoms with Crippen molar-refractivity contribution >= 4 is 11.6 Å². The number of rotatable bonds is 3. The number of hydrogen-bond donors (Lipinski definition) is 1. The van der Waals surface area contributed by atoms with Gasteiger partial charge >= 0.3 is 0 Å². The van der Waals surface area contributed by atoms with Gasteiger partial charge in [0.05, 0.1) is 11.8 Å². The third kappa shape index (κ3) is 2.84. The highest BCUT2D eigenvalue weighted by molar-refractivity contribution is 6.05. The summed E-state index contributed by atoms with van der Waals surface area (Å²) in [7, 11) is 0. The number of aromatic hydroxyl groups is 1. The second-order valence-electron chi connectivity index (χ2n) is 5.73. The smallest absolute Gasteiger partial charge is 0.242 e. The minimum atomic E-state index is -0.113. The molecule has 3 rings (SSSR count). The maximum absolute atomic E-state index is 12.3. The number of nitrogens with zero attached hydrogens (tertiary/aromatic N) is 2. The second-order valence-corrected chi connectivity index (χ2v) is 5.73. The van der Waals surface area contributed by atoms with Gasteiger partial charge in [-0.15, -0.1) is 0 Å². The minimum Gasteiger partial charge on any atom is -0.507 e. The van der Waals surface area contributed by atoms with Gasteiger partial charge in [-0.3, -0.25) is 4.79 Å². The van der Waals surface area contributed by atoms with Crippen LogP contribution in [0.2, 0.25) is 0 Å². The zero-order valence-electron chi connectivity index (χ0n) is 13.4. The quantitative estimate of drug-likeness (QED) is 0.938. The molecule has 0 spiro atoms. The SMILES string of the molecule is CCC(=O)N1N=C(c2ccccc2O)CC1c1ccccc1C. The first-order valence-electron chi connectivity index (χ1n) is 7.85. The van der Waals surface area contributed by atoms with E-state index in [0.29, 0.717) is 18.4 Å². The second kappa shape index (κ2) is 6.24. The van der Waals surface area contributed by atoms with Crippen molar-refractivity contribution < 1.29 is 9.90 Å². The number of carbonyl (C=O) groups excluding carboxylic acids is 1. The summed E-state index contributed by atoms with van der Waals surface area (Å²) in [5.74, 6) is 0.184. The fourth-order valence-electron chi connectivity index (χ4n) is 2.99. The number of phenolic OH excluding ortho intramolecular Hbond substituents is 1. The molecule has 0 saturated heterocycles. The molecule has 4 heteroatoms. The molecule has 1 aliphatic heterocycles. The number of amides is 1. The molecular formula is C19H20N2O2. The van der Waals surface area contributed by atoms with Crippen LogP contribution in [0.3, 0.4) is 0 Å². The number of phenols is 1. The van der Waals surface area contributed by atoms with Crippen LogP contribution in [0, 0.1) is 6.92 Å². The van der Waals surface area contributed by atoms with Gasteiger partial charge in [0.15, 0.2) is 0 Å². The zero-order chi connectivity index (χ0) is 16.4. The van der Waals surface area contributed by atoms with Crippen LogP contribution in [0.4, 0.5) is 0 Å². The lowest BCUT2D eigenvalue weighted by Crippen LogP contribution is -2.26. The van der Waals surface area contributed by atoms with E-state index in [0.717, 1.165) is 16.8 Å². The van der Waals surface area contributed by atoms with Crippen molar-refractivity contribution in [3.8, 4) is 5.75 Å². The van der Waals surface area contributed by atoms with Crippen molar-refractivity contribution in [1.29, 1.82) is 0 Å².